The molecule has 0 aromatic heterocycles. The smallest absolute Gasteiger partial charge is 0.345 e. The molecule has 1 rings (SSSR count). The number of carbonyl (C=O) groups is 1. The summed E-state index contributed by atoms with van der Waals surface area (Å²) in [6, 6.07) is 4.29. The van der Waals surface area contributed by atoms with Gasteiger partial charge in [0.25, 0.3) is 0 Å². The SMILES string of the molecule is CCOC(=O)C(F)c1ccc(OC)c(Cl)c1. The maximum absolute atomic E-state index is 13.6. The normalized spacial score (nSPS) is 12.0. The molecule has 0 radical (unpaired) electrons. The van der Waals surface area contributed by atoms with Crippen molar-refractivity contribution in [3.8, 4) is 5.75 Å². The highest BCUT2D eigenvalue weighted by Gasteiger charge is 2.21. The molecule has 0 saturated heterocycles. The zero-order valence-corrected chi connectivity index (χ0v) is 9.75. The van der Waals surface area contributed by atoms with Gasteiger partial charge in [-0.2, -0.15) is 0 Å². The quantitative estimate of drug-likeness (QED) is 0.767. The van der Waals surface area contributed by atoms with Gasteiger partial charge in [0, 0.05) is 0 Å². The zero-order valence-electron chi connectivity index (χ0n) is 9.00. The van der Waals surface area contributed by atoms with Gasteiger partial charge in [0.2, 0.25) is 6.17 Å². The summed E-state index contributed by atoms with van der Waals surface area (Å²) in [6.45, 7) is 1.76. The van der Waals surface area contributed by atoms with Gasteiger partial charge in [-0.25, -0.2) is 9.18 Å². The van der Waals surface area contributed by atoms with Crippen LogP contribution in [0.3, 0.4) is 0 Å². The van der Waals surface area contributed by atoms with Crippen LogP contribution in [0.15, 0.2) is 18.2 Å². The van der Waals surface area contributed by atoms with Crippen LogP contribution in [0.1, 0.15) is 18.7 Å². The van der Waals surface area contributed by atoms with E-state index in [9.17, 15) is 9.18 Å². The number of rotatable bonds is 4. The van der Waals surface area contributed by atoms with Crippen molar-refractivity contribution in [1.29, 1.82) is 0 Å². The van der Waals surface area contributed by atoms with Crippen molar-refractivity contribution in [1.82, 2.24) is 0 Å². The third-order valence-corrected chi connectivity index (χ3v) is 2.26. The van der Waals surface area contributed by atoms with E-state index in [2.05, 4.69) is 4.74 Å². The molecule has 16 heavy (non-hydrogen) atoms. The first-order valence-corrected chi connectivity index (χ1v) is 5.12. The lowest BCUT2D eigenvalue weighted by atomic mass is 10.1. The van der Waals surface area contributed by atoms with Crippen molar-refractivity contribution in [2.75, 3.05) is 13.7 Å². The van der Waals surface area contributed by atoms with Crippen LogP contribution in [0.2, 0.25) is 5.02 Å². The molecule has 0 aliphatic heterocycles. The van der Waals surface area contributed by atoms with E-state index in [4.69, 9.17) is 16.3 Å². The molecule has 1 unspecified atom stereocenters. The Morgan fingerprint density at radius 1 is 1.56 bits per heavy atom. The molecule has 1 aromatic rings. The van der Waals surface area contributed by atoms with E-state index < -0.39 is 12.1 Å². The Kier molecular flexibility index (Phi) is 4.55. The highest BCUT2D eigenvalue weighted by molar-refractivity contribution is 6.32. The molecular weight excluding hydrogens is 235 g/mol. The van der Waals surface area contributed by atoms with Crippen LogP contribution in [0.25, 0.3) is 0 Å². The summed E-state index contributed by atoms with van der Waals surface area (Å²) < 4.78 is 23.0. The fourth-order valence-corrected chi connectivity index (χ4v) is 1.46. The minimum Gasteiger partial charge on any atom is -0.495 e. The molecule has 0 spiro atoms. The molecule has 0 bridgehead atoms. The molecule has 5 heteroatoms. The maximum Gasteiger partial charge on any atom is 0.345 e. The van der Waals surface area contributed by atoms with E-state index in [0.717, 1.165) is 0 Å². The number of esters is 1. The molecular formula is C11H12ClFO3. The van der Waals surface area contributed by atoms with E-state index in [0.29, 0.717) is 5.75 Å². The van der Waals surface area contributed by atoms with Crippen molar-refractivity contribution in [2.45, 2.75) is 13.1 Å². The van der Waals surface area contributed by atoms with Gasteiger partial charge >= 0.3 is 5.97 Å². The third kappa shape index (κ3) is 2.85. The van der Waals surface area contributed by atoms with Gasteiger partial charge in [-0.15, -0.1) is 0 Å². The third-order valence-electron chi connectivity index (χ3n) is 1.96. The molecule has 1 atom stereocenters. The Labute approximate surface area is 98.1 Å². The van der Waals surface area contributed by atoms with Crippen molar-refractivity contribution in [2.24, 2.45) is 0 Å². The topological polar surface area (TPSA) is 35.5 Å². The molecule has 0 heterocycles. The number of hydrogen-bond acceptors (Lipinski definition) is 3. The van der Waals surface area contributed by atoms with Crippen LogP contribution in [0.5, 0.6) is 5.75 Å². The average molecular weight is 247 g/mol. The van der Waals surface area contributed by atoms with E-state index in [1.807, 2.05) is 0 Å². The lowest BCUT2D eigenvalue weighted by Crippen LogP contribution is -2.11. The fraction of sp³-hybridized carbons (Fsp3) is 0.364. The van der Waals surface area contributed by atoms with Gasteiger partial charge in [0.1, 0.15) is 5.75 Å². The second kappa shape index (κ2) is 5.70. The molecule has 0 aliphatic carbocycles. The maximum atomic E-state index is 13.6. The Balaban J connectivity index is 2.88. The van der Waals surface area contributed by atoms with Crippen LogP contribution in [-0.2, 0) is 9.53 Å². The fourth-order valence-electron chi connectivity index (χ4n) is 1.19. The summed E-state index contributed by atoms with van der Waals surface area (Å²) in [4.78, 5) is 11.1. The molecule has 0 fully saturated rings. The lowest BCUT2D eigenvalue weighted by molar-refractivity contribution is -0.149. The number of ether oxygens (including phenoxy) is 2. The summed E-state index contributed by atoms with van der Waals surface area (Å²) in [6.07, 6.45) is -1.82. The van der Waals surface area contributed by atoms with Crippen molar-refractivity contribution in [3.05, 3.63) is 28.8 Å². The van der Waals surface area contributed by atoms with Crippen LogP contribution < -0.4 is 4.74 Å². The number of carbonyl (C=O) groups excluding carboxylic acids is 1. The zero-order chi connectivity index (χ0) is 12.1. The molecule has 1 aromatic carbocycles. The minimum absolute atomic E-state index is 0.142. The first-order chi connectivity index (χ1) is 7.60. The Morgan fingerprint density at radius 3 is 2.75 bits per heavy atom. The van der Waals surface area contributed by atoms with Crippen LogP contribution in [-0.4, -0.2) is 19.7 Å². The number of halogens is 2. The lowest BCUT2D eigenvalue weighted by Gasteiger charge is -2.09. The summed E-state index contributed by atoms with van der Waals surface area (Å²) in [5.41, 5.74) is 0.157. The molecule has 0 aliphatic rings. The van der Waals surface area contributed by atoms with E-state index >= 15 is 0 Å². The van der Waals surface area contributed by atoms with E-state index in [1.54, 1.807) is 6.92 Å². The van der Waals surface area contributed by atoms with Crippen molar-refractivity contribution >= 4 is 17.6 Å². The first-order valence-electron chi connectivity index (χ1n) is 4.74. The highest BCUT2D eigenvalue weighted by atomic mass is 35.5. The summed E-state index contributed by atoms with van der Waals surface area (Å²) in [5.74, 6) is -0.481. The Bertz CT molecular complexity index is 381. The molecule has 0 saturated carbocycles. The molecule has 0 N–H and O–H groups in total. The van der Waals surface area contributed by atoms with E-state index in [1.165, 1.54) is 25.3 Å². The minimum atomic E-state index is -1.82. The molecule has 0 amide bonds. The summed E-state index contributed by atoms with van der Waals surface area (Å²) in [7, 11) is 1.46. The highest BCUT2D eigenvalue weighted by Crippen LogP contribution is 2.29. The molecule has 88 valence electrons. The van der Waals surface area contributed by atoms with Crippen LogP contribution in [0, 0.1) is 0 Å². The van der Waals surface area contributed by atoms with Gasteiger partial charge in [0.05, 0.1) is 18.7 Å². The predicted octanol–water partition coefficient (Wildman–Crippen LogP) is 2.92. The van der Waals surface area contributed by atoms with Gasteiger partial charge in [0.15, 0.2) is 0 Å². The Morgan fingerprint density at radius 2 is 2.25 bits per heavy atom. The number of methoxy groups -OCH3 is 1. The largest absolute Gasteiger partial charge is 0.495 e. The number of benzene rings is 1. The monoisotopic (exact) mass is 246 g/mol. The standard InChI is InChI=1S/C11H12ClFO3/c1-3-16-11(14)10(13)7-4-5-9(15-2)8(12)6-7/h4-6,10H,3H2,1-2H3. The average Bonchev–Trinajstić information content (AvgIpc) is 2.28. The van der Waals surface area contributed by atoms with Crippen molar-refractivity contribution < 1.29 is 18.7 Å². The van der Waals surface area contributed by atoms with Crippen LogP contribution >= 0.6 is 11.6 Å². The Hall–Kier alpha value is -1.29. The molecule has 3 nitrogen and oxygen atoms in total. The van der Waals surface area contributed by atoms with Gasteiger partial charge in [-0.1, -0.05) is 17.7 Å². The van der Waals surface area contributed by atoms with Crippen molar-refractivity contribution in [3.63, 3.8) is 0 Å². The second-order valence-electron chi connectivity index (χ2n) is 3.01. The van der Waals surface area contributed by atoms with Gasteiger partial charge in [-0.3, -0.25) is 0 Å². The predicted molar refractivity (Wildman–Crippen MR) is 58.5 cm³/mol. The van der Waals surface area contributed by atoms with Gasteiger partial charge in [-0.05, 0) is 24.6 Å². The van der Waals surface area contributed by atoms with Gasteiger partial charge < -0.3 is 9.47 Å². The number of alkyl halides is 1. The summed E-state index contributed by atoms with van der Waals surface area (Å²) in [5, 5.41) is 0.256. The number of hydrogen-bond donors (Lipinski definition) is 0. The van der Waals surface area contributed by atoms with E-state index in [-0.39, 0.29) is 17.2 Å². The second-order valence-corrected chi connectivity index (χ2v) is 3.42. The first kappa shape index (κ1) is 12.8. The van der Waals surface area contributed by atoms with Crippen LogP contribution in [0.4, 0.5) is 4.39 Å². The summed E-state index contributed by atoms with van der Waals surface area (Å²) >= 11 is 5.81.